The molecule has 3 heterocycles. The summed E-state index contributed by atoms with van der Waals surface area (Å²) in [7, 11) is 0. The van der Waals surface area contributed by atoms with E-state index >= 15 is 0 Å². The summed E-state index contributed by atoms with van der Waals surface area (Å²) >= 11 is 0. The number of hydrogen-bond acceptors (Lipinski definition) is 4. The van der Waals surface area contributed by atoms with Crippen molar-refractivity contribution in [2.45, 2.75) is 77.0 Å². The van der Waals surface area contributed by atoms with Crippen molar-refractivity contribution in [3.05, 3.63) is 195 Å². The maximum Gasteiger partial charge on any atom is 0.156 e. The van der Waals surface area contributed by atoms with Crippen LogP contribution < -0.4 is 19.7 Å². The molecule has 4 aliphatic rings. The van der Waals surface area contributed by atoms with Gasteiger partial charge < -0.3 is 19.7 Å². The number of rotatable bonds is 3. The number of nitrogens with one attached hydrogen (secondary N) is 1. The number of nitrogens with zero attached hydrogens (tertiary/aromatic N) is 1. The molecule has 0 fully saturated rings. The quantitative estimate of drug-likeness (QED) is 0.194. The lowest BCUT2D eigenvalue weighted by Gasteiger charge is -2.45. The molecule has 1 N–H and O–H groups in total. The molecule has 0 bridgehead atoms. The van der Waals surface area contributed by atoms with Crippen LogP contribution in [0.25, 0.3) is 12.2 Å². The largest absolute Gasteiger partial charge is 0.457 e. The van der Waals surface area contributed by atoms with E-state index in [1.165, 1.54) is 55.6 Å². The molecule has 0 unspecified atom stereocenters. The predicted octanol–water partition coefficient (Wildman–Crippen LogP) is 15.2. The number of hydrogen-bond donors (Lipinski definition) is 1. The van der Waals surface area contributed by atoms with E-state index in [1.807, 2.05) is 0 Å². The topological polar surface area (TPSA) is 33.7 Å². The van der Waals surface area contributed by atoms with Crippen molar-refractivity contribution in [2.24, 2.45) is 0 Å². The van der Waals surface area contributed by atoms with Crippen LogP contribution in [0.2, 0.25) is 0 Å². The molecule has 296 valence electrons. The average Bonchev–Trinajstić information content (AvgIpc) is 3.34. The van der Waals surface area contributed by atoms with Crippen LogP contribution in [-0.4, -0.2) is 0 Å². The standard InChI is InChI=1S/C56H50N2O2/c1-53(2)38-20-12-15-23-45(38)58(46-29-27-36(31-43(46)53)57-35-18-10-9-11-19-35)47-32-42-37(51-52(47)60-49-25-17-14-22-40(49)56(51,7)8)28-26-34-30-44-50(33-41(34)55(42,5)6)59-48-24-16-13-21-39(48)54(44,3)4/h9-33,57H,1-8H3. The Hall–Kier alpha value is -6.52. The monoisotopic (exact) mass is 782 g/mol. The molecule has 11 rings (SSSR count). The first-order chi connectivity index (χ1) is 28.8. The number of ether oxygens (including phenoxy) is 2. The first-order valence-electron chi connectivity index (χ1n) is 21.3. The highest BCUT2D eigenvalue weighted by molar-refractivity contribution is 5.94. The summed E-state index contributed by atoms with van der Waals surface area (Å²) in [5, 5.41) is 3.68. The molecule has 0 spiro atoms. The summed E-state index contributed by atoms with van der Waals surface area (Å²) in [5.41, 5.74) is 16.4. The van der Waals surface area contributed by atoms with E-state index in [1.54, 1.807) is 0 Å². The van der Waals surface area contributed by atoms with Crippen molar-refractivity contribution in [3.8, 4) is 23.0 Å². The van der Waals surface area contributed by atoms with Gasteiger partial charge in [-0.05, 0) is 100 Å². The Kier molecular flexibility index (Phi) is 7.62. The number of benzene rings is 7. The zero-order valence-electron chi connectivity index (χ0n) is 35.7. The molecule has 4 nitrogen and oxygen atoms in total. The van der Waals surface area contributed by atoms with Gasteiger partial charge >= 0.3 is 0 Å². The van der Waals surface area contributed by atoms with Gasteiger partial charge in [0.1, 0.15) is 17.2 Å². The normalized spacial score (nSPS) is 17.4. The zero-order chi connectivity index (χ0) is 41.3. The molecule has 7 aromatic rings. The van der Waals surface area contributed by atoms with Crippen LogP contribution >= 0.6 is 0 Å². The second-order valence-electron chi connectivity index (χ2n) is 19.1. The van der Waals surface area contributed by atoms with Gasteiger partial charge in [-0.3, -0.25) is 0 Å². The molecule has 4 heteroatoms. The average molecular weight is 783 g/mol. The second-order valence-corrected chi connectivity index (χ2v) is 19.1. The summed E-state index contributed by atoms with van der Waals surface area (Å²) in [5.74, 6) is 3.66. The molecule has 0 saturated carbocycles. The Labute approximate surface area is 354 Å². The fourth-order valence-electron chi connectivity index (χ4n) is 10.8. The third-order valence-corrected chi connectivity index (χ3v) is 14.1. The van der Waals surface area contributed by atoms with Crippen LogP contribution in [0.4, 0.5) is 28.4 Å². The highest BCUT2D eigenvalue weighted by atomic mass is 16.5. The number of fused-ring (bicyclic) bond motifs is 9. The summed E-state index contributed by atoms with van der Waals surface area (Å²) < 4.78 is 14.0. The first-order valence-corrected chi connectivity index (χ1v) is 21.3. The lowest BCUT2D eigenvalue weighted by Crippen LogP contribution is -2.33. The molecule has 0 atom stereocenters. The minimum Gasteiger partial charge on any atom is -0.457 e. The minimum atomic E-state index is -0.425. The number of anilines is 5. The van der Waals surface area contributed by atoms with Gasteiger partial charge in [0.15, 0.2) is 5.75 Å². The summed E-state index contributed by atoms with van der Waals surface area (Å²) in [6, 6.07) is 50.4. The smallest absolute Gasteiger partial charge is 0.156 e. The van der Waals surface area contributed by atoms with Crippen molar-refractivity contribution in [1.82, 2.24) is 0 Å². The van der Waals surface area contributed by atoms with Gasteiger partial charge in [-0.2, -0.15) is 0 Å². The van der Waals surface area contributed by atoms with E-state index in [9.17, 15) is 0 Å². The maximum absolute atomic E-state index is 7.27. The van der Waals surface area contributed by atoms with Gasteiger partial charge in [0, 0.05) is 55.3 Å². The maximum atomic E-state index is 7.27. The Morgan fingerprint density at radius 1 is 0.400 bits per heavy atom. The molecule has 0 saturated heterocycles. The van der Waals surface area contributed by atoms with E-state index in [4.69, 9.17) is 9.47 Å². The molecule has 1 aliphatic carbocycles. The van der Waals surface area contributed by atoms with E-state index in [0.29, 0.717) is 0 Å². The van der Waals surface area contributed by atoms with Crippen molar-refractivity contribution in [1.29, 1.82) is 0 Å². The minimum absolute atomic E-state index is 0.221. The van der Waals surface area contributed by atoms with Crippen LogP contribution in [0, 0.1) is 0 Å². The van der Waals surface area contributed by atoms with Crippen molar-refractivity contribution in [2.75, 3.05) is 10.2 Å². The van der Waals surface area contributed by atoms with Crippen molar-refractivity contribution >= 4 is 40.6 Å². The van der Waals surface area contributed by atoms with E-state index in [0.717, 1.165) is 51.4 Å². The van der Waals surface area contributed by atoms with Crippen LogP contribution in [-0.2, 0) is 21.7 Å². The molecular weight excluding hydrogens is 733 g/mol. The van der Waals surface area contributed by atoms with Gasteiger partial charge in [0.05, 0.1) is 17.1 Å². The van der Waals surface area contributed by atoms with Gasteiger partial charge in [-0.25, -0.2) is 0 Å². The highest BCUT2D eigenvalue weighted by Crippen LogP contribution is 2.61. The lowest BCUT2D eigenvalue weighted by molar-refractivity contribution is 0.414. The Morgan fingerprint density at radius 2 is 1.00 bits per heavy atom. The van der Waals surface area contributed by atoms with Gasteiger partial charge in [0.2, 0.25) is 0 Å². The second kappa shape index (κ2) is 12.5. The van der Waals surface area contributed by atoms with Crippen LogP contribution in [0.5, 0.6) is 23.0 Å². The molecule has 0 aromatic heterocycles. The van der Waals surface area contributed by atoms with Gasteiger partial charge in [-0.1, -0.05) is 140 Å². The summed E-state index contributed by atoms with van der Waals surface area (Å²) in [6.45, 7) is 18.8. The molecular formula is C56H50N2O2. The van der Waals surface area contributed by atoms with Crippen molar-refractivity contribution in [3.63, 3.8) is 0 Å². The van der Waals surface area contributed by atoms with Gasteiger partial charge in [0.25, 0.3) is 0 Å². The van der Waals surface area contributed by atoms with E-state index in [-0.39, 0.29) is 16.2 Å². The predicted molar refractivity (Wildman–Crippen MR) is 248 cm³/mol. The van der Waals surface area contributed by atoms with Crippen LogP contribution in [0.3, 0.4) is 0 Å². The first kappa shape index (κ1) is 36.6. The Bertz CT molecular complexity index is 2970. The fourth-order valence-corrected chi connectivity index (χ4v) is 10.8. The fraction of sp³-hybridized carbons (Fsp3) is 0.214. The zero-order valence-corrected chi connectivity index (χ0v) is 35.7. The lowest BCUT2D eigenvalue weighted by atomic mass is 9.67. The Morgan fingerprint density at radius 3 is 1.75 bits per heavy atom. The van der Waals surface area contributed by atoms with Crippen LogP contribution in [0.1, 0.15) is 111 Å². The van der Waals surface area contributed by atoms with Gasteiger partial charge in [-0.15, -0.1) is 0 Å². The molecule has 0 radical (unpaired) electrons. The van der Waals surface area contributed by atoms with Crippen molar-refractivity contribution < 1.29 is 9.47 Å². The molecule has 60 heavy (non-hydrogen) atoms. The van der Waals surface area contributed by atoms with E-state index < -0.39 is 5.41 Å². The molecule has 3 aliphatic heterocycles. The molecule has 7 aromatic carbocycles. The van der Waals surface area contributed by atoms with E-state index in [2.05, 4.69) is 217 Å². The number of para-hydroxylation sites is 4. The highest BCUT2D eigenvalue weighted by Gasteiger charge is 2.45. The Balaban J connectivity index is 1.17. The third kappa shape index (κ3) is 5.09. The third-order valence-electron chi connectivity index (χ3n) is 14.1. The summed E-state index contributed by atoms with van der Waals surface area (Å²) in [4.78, 5) is 2.48. The van der Waals surface area contributed by atoms with Crippen LogP contribution in [0.15, 0.2) is 140 Å². The molecule has 0 amide bonds. The SMILES string of the molecule is CC1(C)c2ccccc2Oc2cc3c(cc21)C=Cc1c(cc(N2c4ccccc4C(C)(C)c4cc(Nc5ccccc5)ccc42)c2c1C(C)(C)c1ccccc1O2)C3(C)C. The summed E-state index contributed by atoms with van der Waals surface area (Å²) in [6.07, 6.45) is 4.70.